The van der Waals surface area contributed by atoms with E-state index in [-0.39, 0.29) is 22.6 Å². The fourth-order valence-corrected chi connectivity index (χ4v) is 3.47. The summed E-state index contributed by atoms with van der Waals surface area (Å²) < 4.78 is 14.6. The summed E-state index contributed by atoms with van der Waals surface area (Å²) in [5.74, 6) is -1.71. The lowest BCUT2D eigenvalue weighted by atomic mass is 10.0. The maximum absolute atomic E-state index is 14.6. The third kappa shape index (κ3) is 2.97. The van der Waals surface area contributed by atoms with Crippen LogP contribution in [0.15, 0.2) is 23.8 Å². The van der Waals surface area contributed by atoms with E-state index in [1.807, 2.05) is 6.92 Å². The van der Waals surface area contributed by atoms with Crippen LogP contribution in [0.3, 0.4) is 0 Å². The van der Waals surface area contributed by atoms with Gasteiger partial charge in [-0.2, -0.15) is 0 Å². The van der Waals surface area contributed by atoms with Gasteiger partial charge in [0.1, 0.15) is 11.5 Å². The molecule has 0 unspecified atom stereocenters. The van der Waals surface area contributed by atoms with E-state index in [0.717, 1.165) is 17.8 Å². The lowest BCUT2D eigenvalue weighted by molar-refractivity contribution is 0.0948. The lowest BCUT2D eigenvalue weighted by Crippen LogP contribution is -2.26. The first kappa shape index (κ1) is 17.7. The van der Waals surface area contributed by atoms with Gasteiger partial charge < -0.3 is 16.8 Å². The number of hydrogen-bond acceptors (Lipinski definition) is 6. The molecule has 0 aliphatic heterocycles. The number of primary amides is 1. The molecule has 134 valence electrons. The summed E-state index contributed by atoms with van der Waals surface area (Å²) in [5, 5.41) is 3.54. The van der Waals surface area contributed by atoms with E-state index in [1.54, 1.807) is 0 Å². The molecular formula is C17H16FN5O2S. The zero-order valence-electron chi connectivity index (χ0n) is 13.9. The minimum atomic E-state index is -0.755. The molecule has 0 fully saturated rings. The Morgan fingerprint density at radius 2 is 2.00 bits per heavy atom. The molecule has 5 N–H and O–H groups in total. The van der Waals surface area contributed by atoms with Gasteiger partial charge in [-0.3, -0.25) is 9.59 Å². The molecule has 0 saturated carbocycles. The van der Waals surface area contributed by atoms with Crippen molar-refractivity contribution in [3.8, 4) is 10.4 Å². The smallest absolute Gasteiger partial charge is 0.272 e. The number of benzene rings is 1. The molecule has 0 bridgehead atoms. The van der Waals surface area contributed by atoms with Crippen LogP contribution in [0.25, 0.3) is 21.2 Å². The minimum absolute atomic E-state index is 0.0234. The SMILES string of the molecule is CCCNC(=O)c1ncc2c(-c3scnc3C(N)=O)c(F)ccc2c1N. The van der Waals surface area contributed by atoms with E-state index in [0.29, 0.717) is 22.2 Å². The Hall–Kier alpha value is -3.07. The van der Waals surface area contributed by atoms with Crippen molar-refractivity contribution in [3.05, 3.63) is 41.0 Å². The number of hydrogen-bond donors (Lipinski definition) is 3. The summed E-state index contributed by atoms with van der Waals surface area (Å²) in [4.78, 5) is 32.1. The molecule has 0 aliphatic rings. The van der Waals surface area contributed by atoms with Crippen molar-refractivity contribution in [1.29, 1.82) is 0 Å². The number of thiazole rings is 1. The van der Waals surface area contributed by atoms with Crippen LogP contribution in [-0.2, 0) is 0 Å². The first-order valence-electron chi connectivity index (χ1n) is 7.84. The summed E-state index contributed by atoms with van der Waals surface area (Å²) in [6.07, 6.45) is 2.14. The number of nitrogen functional groups attached to an aromatic ring is 1. The monoisotopic (exact) mass is 373 g/mol. The van der Waals surface area contributed by atoms with Crippen LogP contribution >= 0.6 is 11.3 Å². The fourth-order valence-electron chi connectivity index (χ4n) is 2.62. The number of carbonyl (C=O) groups is 2. The van der Waals surface area contributed by atoms with Crippen LogP contribution in [0.1, 0.15) is 34.3 Å². The molecule has 2 aromatic heterocycles. The number of nitrogens with zero attached hydrogens (tertiary/aromatic N) is 2. The van der Waals surface area contributed by atoms with Gasteiger partial charge in [-0.15, -0.1) is 11.3 Å². The molecule has 3 aromatic rings. The molecule has 0 atom stereocenters. The molecule has 0 saturated heterocycles. The number of aromatic nitrogens is 2. The Balaban J connectivity index is 2.21. The van der Waals surface area contributed by atoms with E-state index >= 15 is 0 Å². The summed E-state index contributed by atoms with van der Waals surface area (Å²) in [6, 6.07) is 2.71. The number of pyridine rings is 1. The van der Waals surface area contributed by atoms with Gasteiger partial charge in [0.15, 0.2) is 5.69 Å². The molecule has 3 rings (SSSR count). The fraction of sp³-hybridized carbons (Fsp3) is 0.176. The molecule has 26 heavy (non-hydrogen) atoms. The van der Waals surface area contributed by atoms with E-state index in [1.165, 1.54) is 23.8 Å². The van der Waals surface area contributed by atoms with Gasteiger partial charge in [0.25, 0.3) is 11.8 Å². The minimum Gasteiger partial charge on any atom is -0.396 e. The zero-order chi connectivity index (χ0) is 18.8. The molecule has 2 amide bonds. The number of halogens is 1. The van der Waals surface area contributed by atoms with E-state index in [4.69, 9.17) is 11.5 Å². The Morgan fingerprint density at radius 3 is 2.69 bits per heavy atom. The standard InChI is InChI=1S/C17H16FN5O2S/c1-2-5-21-17(25)13-12(19)8-3-4-10(18)11(9(8)6-22-13)15-14(16(20)24)23-7-26-15/h3-4,6-7H,2,5,19H2,1H3,(H2,20,24)(H,21,25). The number of nitrogens with one attached hydrogen (secondary N) is 1. The molecule has 0 radical (unpaired) electrons. The normalized spacial score (nSPS) is 10.8. The highest BCUT2D eigenvalue weighted by Crippen LogP contribution is 2.37. The first-order chi connectivity index (χ1) is 12.5. The zero-order valence-corrected chi connectivity index (χ0v) is 14.7. The van der Waals surface area contributed by atoms with Crippen LogP contribution < -0.4 is 16.8 Å². The van der Waals surface area contributed by atoms with E-state index in [9.17, 15) is 14.0 Å². The third-order valence-corrected chi connectivity index (χ3v) is 4.69. The maximum Gasteiger partial charge on any atom is 0.272 e. The van der Waals surface area contributed by atoms with Gasteiger partial charge in [-0.05, 0) is 18.6 Å². The Kier molecular flexibility index (Phi) is 4.81. The van der Waals surface area contributed by atoms with Crippen molar-refractivity contribution in [2.45, 2.75) is 13.3 Å². The van der Waals surface area contributed by atoms with Gasteiger partial charge in [-0.25, -0.2) is 14.4 Å². The largest absolute Gasteiger partial charge is 0.396 e. The highest BCUT2D eigenvalue weighted by molar-refractivity contribution is 7.13. The molecule has 0 aliphatic carbocycles. The predicted molar refractivity (Wildman–Crippen MR) is 98.4 cm³/mol. The second kappa shape index (κ2) is 7.04. The average molecular weight is 373 g/mol. The quantitative estimate of drug-likeness (QED) is 0.633. The van der Waals surface area contributed by atoms with Crippen molar-refractivity contribution >= 4 is 39.6 Å². The van der Waals surface area contributed by atoms with E-state index in [2.05, 4.69) is 15.3 Å². The molecule has 7 nitrogen and oxygen atoms in total. The highest BCUT2D eigenvalue weighted by atomic mass is 32.1. The molecule has 0 spiro atoms. The Morgan fingerprint density at radius 1 is 1.23 bits per heavy atom. The number of nitrogens with two attached hydrogens (primary N) is 2. The number of fused-ring (bicyclic) bond motifs is 1. The summed E-state index contributed by atoms with van der Waals surface area (Å²) in [5.41, 5.74) is 13.2. The van der Waals surface area contributed by atoms with Gasteiger partial charge in [-0.1, -0.05) is 6.92 Å². The van der Waals surface area contributed by atoms with Crippen molar-refractivity contribution in [2.75, 3.05) is 12.3 Å². The Labute approximate surface area is 152 Å². The van der Waals surface area contributed by atoms with Crippen LogP contribution in [0.4, 0.5) is 10.1 Å². The molecule has 2 heterocycles. The second-order valence-electron chi connectivity index (χ2n) is 5.55. The van der Waals surface area contributed by atoms with Gasteiger partial charge in [0.05, 0.1) is 16.1 Å². The van der Waals surface area contributed by atoms with Crippen molar-refractivity contribution in [1.82, 2.24) is 15.3 Å². The van der Waals surface area contributed by atoms with Crippen molar-refractivity contribution in [3.63, 3.8) is 0 Å². The second-order valence-corrected chi connectivity index (χ2v) is 6.41. The van der Waals surface area contributed by atoms with Gasteiger partial charge in [0.2, 0.25) is 0 Å². The topological polar surface area (TPSA) is 124 Å². The van der Waals surface area contributed by atoms with E-state index < -0.39 is 17.6 Å². The van der Waals surface area contributed by atoms with Crippen LogP contribution in [-0.4, -0.2) is 28.3 Å². The summed E-state index contributed by atoms with van der Waals surface area (Å²) in [7, 11) is 0. The third-order valence-electron chi connectivity index (χ3n) is 3.84. The Bertz CT molecular complexity index is 1020. The van der Waals surface area contributed by atoms with Crippen molar-refractivity contribution < 1.29 is 14.0 Å². The number of rotatable bonds is 5. The summed E-state index contributed by atoms with van der Waals surface area (Å²) >= 11 is 1.09. The molecular weight excluding hydrogens is 357 g/mol. The number of carbonyl (C=O) groups excluding carboxylic acids is 2. The van der Waals surface area contributed by atoms with Crippen LogP contribution in [0, 0.1) is 5.82 Å². The summed E-state index contributed by atoms with van der Waals surface area (Å²) in [6.45, 7) is 2.42. The first-order valence-corrected chi connectivity index (χ1v) is 8.72. The lowest BCUT2D eigenvalue weighted by Gasteiger charge is -2.12. The number of anilines is 1. The van der Waals surface area contributed by atoms with Crippen LogP contribution in [0.5, 0.6) is 0 Å². The average Bonchev–Trinajstić information content (AvgIpc) is 3.09. The maximum atomic E-state index is 14.6. The predicted octanol–water partition coefficient (Wildman–Crippen LogP) is 2.32. The van der Waals surface area contributed by atoms with Gasteiger partial charge in [0, 0.05) is 29.1 Å². The van der Waals surface area contributed by atoms with Gasteiger partial charge >= 0.3 is 0 Å². The van der Waals surface area contributed by atoms with Crippen molar-refractivity contribution in [2.24, 2.45) is 5.73 Å². The number of amides is 2. The van der Waals surface area contributed by atoms with Crippen LogP contribution in [0.2, 0.25) is 0 Å². The highest BCUT2D eigenvalue weighted by Gasteiger charge is 2.22. The molecule has 9 heteroatoms. The molecule has 1 aromatic carbocycles.